The topological polar surface area (TPSA) is 25.8 Å². The lowest BCUT2D eigenvalue weighted by atomic mass is 10.2. The second-order valence-electron chi connectivity index (χ2n) is 2.75. The van der Waals surface area contributed by atoms with E-state index in [0.717, 1.165) is 18.5 Å². The van der Waals surface area contributed by atoms with Gasteiger partial charge in [0.25, 0.3) is 0 Å². The van der Waals surface area contributed by atoms with Crippen molar-refractivity contribution >= 4 is 11.3 Å². The molecule has 3 heteroatoms. The Morgan fingerprint density at radius 3 is 2.77 bits per heavy atom. The van der Waals surface area contributed by atoms with Gasteiger partial charge in [-0.25, -0.2) is 4.98 Å². The quantitative estimate of drug-likeness (QED) is 0.742. The molecule has 0 atom stereocenters. The second kappa shape index (κ2) is 4.14. The van der Waals surface area contributed by atoms with E-state index in [1.54, 1.807) is 11.3 Å². The largest absolute Gasteiger partial charge is 0.261 e. The zero-order valence-corrected chi connectivity index (χ0v) is 8.00. The van der Waals surface area contributed by atoms with Crippen LogP contribution in [0.3, 0.4) is 0 Å². The lowest BCUT2D eigenvalue weighted by Crippen LogP contribution is -1.92. The van der Waals surface area contributed by atoms with Gasteiger partial charge in [0, 0.05) is 29.9 Å². The van der Waals surface area contributed by atoms with Crippen LogP contribution in [0.25, 0.3) is 0 Å². The lowest BCUT2D eigenvalue weighted by molar-refractivity contribution is 0.903. The summed E-state index contributed by atoms with van der Waals surface area (Å²) in [7, 11) is 0. The molecule has 13 heavy (non-hydrogen) atoms. The summed E-state index contributed by atoms with van der Waals surface area (Å²) in [5.41, 5.74) is 1.14. The third-order valence-electron chi connectivity index (χ3n) is 1.80. The summed E-state index contributed by atoms with van der Waals surface area (Å²) in [6.45, 7) is 0. The first-order valence-corrected chi connectivity index (χ1v) is 5.11. The van der Waals surface area contributed by atoms with E-state index in [1.807, 2.05) is 36.0 Å². The predicted molar refractivity (Wildman–Crippen MR) is 53.8 cm³/mol. The molecule has 0 aliphatic heterocycles. The van der Waals surface area contributed by atoms with Crippen LogP contribution in [0.5, 0.6) is 0 Å². The molecule has 0 aromatic carbocycles. The highest BCUT2D eigenvalue weighted by molar-refractivity contribution is 7.09. The van der Waals surface area contributed by atoms with Crippen molar-refractivity contribution in [2.45, 2.75) is 12.8 Å². The summed E-state index contributed by atoms with van der Waals surface area (Å²) in [4.78, 5) is 8.48. The van der Waals surface area contributed by atoms with E-state index in [-0.39, 0.29) is 0 Å². The molecule has 0 aliphatic carbocycles. The Bertz CT molecular complexity index is 342. The molecule has 0 saturated carbocycles. The van der Waals surface area contributed by atoms with E-state index >= 15 is 0 Å². The fraction of sp³-hybridized carbons (Fsp3) is 0.200. The summed E-state index contributed by atoms with van der Waals surface area (Å²) in [5.74, 6) is 0. The summed E-state index contributed by atoms with van der Waals surface area (Å²) < 4.78 is 0. The van der Waals surface area contributed by atoms with Gasteiger partial charge >= 0.3 is 0 Å². The Labute approximate surface area is 81.3 Å². The molecule has 2 nitrogen and oxygen atoms in total. The fourth-order valence-electron chi connectivity index (χ4n) is 1.16. The van der Waals surface area contributed by atoms with Crippen molar-refractivity contribution in [3.05, 3.63) is 46.7 Å². The van der Waals surface area contributed by atoms with Crippen molar-refractivity contribution in [2.24, 2.45) is 0 Å². The van der Waals surface area contributed by atoms with E-state index in [4.69, 9.17) is 0 Å². The summed E-state index contributed by atoms with van der Waals surface area (Å²) in [6.07, 6.45) is 5.65. The molecular formula is C10H10N2S. The maximum absolute atomic E-state index is 4.26. The number of hydrogen-bond acceptors (Lipinski definition) is 3. The highest BCUT2D eigenvalue weighted by atomic mass is 32.1. The average molecular weight is 190 g/mol. The van der Waals surface area contributed by atoms with Gasteiger partial charge in [-0.3, -0.25) is 4.98 Å². The van der Waals surface area contributed by atoms with E-state index in [2.05, 4.69) is 9.97 Å². The van der Waals surface area contributed by atoms with E-state index in [0.29, 0.717) is 0 Å². The van der Waals surface area contributed by atoms with Crippen LogP contribution in [0.1, 0.15) is 10.7 Å². The van der Waals surface area contributed by atoms with Crippen molar-refractivity contribution in [3.63, 3.8) is 0 Å². The van der Waals surface area contributed by atoms with Gasteiger partial charge in [0.05, 0.1) is 5.01 Å². The third-order valence-corrected chi connectivity index (χ3v) is 2.64. The van der Waals surface area contributed by atoms with Gasteiger partial charge in [-0.1, -0.05) is 6.07 Å². The molecule has 0 saturated heterocycles. The maximum atomic E-state index is 4.26. The van der Waals surface area contributed by atoms with Crippen LogP contribution in [-0.2, 0) is 12.8 Å². The number of pyridine rings is 1. The lowest BCUT2D eigenvalue weighted by Gasteiger charge is -1.96. The number of thiazole rings is 1. The van der Waals surface area contributed by atoms with Gasteiger partial charge in [0.2, 0.25) is 0 Å². The minimum atomic E-state index is 0.981. The summed E-state index contributed by atoms with van der Waals surface area (Å²) in [6, 6.07) is 6.00. The number of aromatic nitrogens is 2. The van der Waals surface area contributed by atoms with Gasteiger partial charge in [-0.15, -0.1) is 11.3 Å². The molecule has 0 fully saturated rings. The minimum absolute atomic E-state index is 0.981. The van der Waals surface area contributed by atoms with Crippen molar-refractivity contribution in [3.8, 4) is 0 Å². The molecule has 2 rings (SSSR count). The van der Waals surface area contributed by atoms with Gasteiger partial charge in [-0.05, 0) is 18.6 Å². The fourth-order valence-corrected chi connectivity index (χ4v) is 1.78. The third kappa shape index (κ3) is 2.36. The van der Waals surface area contributed by atoms with Crippen molar-refractivity contribution in [1.29, 1.82) is 0 Å². The van der Waals surface area contributed by atoms with Gasteiger partial charge < -0.3 is 0 Å². The standard InChI is InChI=1S/C10H10N2S/c1-2-6-11-9(3-1)4-5-10-12-7-8-13-10/h1-3,6-8H,4-5H2. The SMILES string of the molecule is c1ccc(CCc2nccs2)nc1. The zero-order chi connectivity index (χ0) is 8.93. The number of hydrogen-bond donors (Lipinski definition) is 0. The van der Waals surface area contributed by atoms with E-state index < -0.39 is 0 Å². The molecule has 0 N–H and O–H groups in total. The molecule has 2 aromatic heterocycles. The summed E-state index contributed by atoms with van der Waals surface area (Å²) in [5, 5.41) is 3.19. The van der Waals surface area contributed by atoms with Crippen molar-refractivity contribution in [2.75, 3.05) is 0 Å². The number of rotatable bonds is 3. The first-order valence-electron chi connectivity index (χ1n) is 4.23. The monoisotopic (exact) mass is 190 g/mol. The van der Waals surface area contributed by atoms with Crippen LogP contribution in [0, 0.1) is 0 Å². The molecule has 0 aliphatic rings. The number of aryl methyl sites for hydroxylation is 2. The normalized spacial score (nSPS) is 10.2. The molecule has 0 unspecified atom stereocenters. The minimum Gasteiger partial charge on any atom is -0.261 e. The Kier molecular flexibility index (Phi) is 2.67. The molecule has 0 bridgehead atoms. The molecule has 2 aromatic rings. The van der Waals surface area contributed by atoms with Crippen LogP contribution in [-0.4, -0.2) is 9.97 Å². The molecular weight excluding hydrogens is 180 g/mol. The van der Waals surface area contributed by atoms with Crippen LogP contribution >= 0.6 is 11.3 Å². The summed E-state index contributed by atoms with van der Waals surface area (Å²) >= 11 is 1.70. The molecule has 0 amide bonds. The van der Waals surface area contributed by atoms with Crippen LogP contribution in [0.2, 0.25) is 0 Å². The van der Waals surface area contributed by atoms with Crippen molar-refractivity contribution in [1.82, 2.24) is 9.97 Å². The van der Waals surface area contributed by atoms with Gasteiger partial charge in [-0.2, -0.15) is 0 Å². The second-order valence-corrected chi connectivity index (χ2v) is 3.73. The Morgan fingerprint density at radius 1 is 1.08 bits per heavy atom. The van der Waals surface area contributed by atoms with Crippen LogP contribution in [0.15, 0.2) is 36.0 Å². The zero-order valence-electron chi connectivity index (χ0n) is 7.18. The van der Waals surface area contributed by atoms with Crippen molar-refractivity contribution < 1.29 is 0 Å². The Balaban J connectivity index is 1.94. The predicted octanol–water partition coefficient (Wildman–Crippen LogP) is 2.32. The first kappa shape index (κ1) is 8.38. The Morgan fingerprint density at radius 2 is 2.08 bits per heavy atom. The smallest absolute Gasteiger partial charge is 0.0928 e. The Hall–Kier alpha value is -1.22. The van der Waals surface area contributed by atoms with E-state index in [1.165, 1.54) is 5.01 Å². The van der Waals surface area contributed by atoms with Gasteiger partial charge in [0.15, 0.2) is 0 Å². The first-order chi connectivity index (χ1) is 6.45. The van der Waals surface area contributed by atoms with Crippen LogP contribution < -0.4 is 0 Å². The maximum Gasteiger partial charge on any atom is 0.0928 e. The molecule has 2 heterocycles. The van der Waals surface area contributed by atoms with Gasteiger partial charge in [0.1, 0.15) is 0 Å². The molecule has 0 spiro atoms. The molecule has 0 radical (unpaired) electrons. The molecule has 66 valence electrons. The number of nitrogens with zero attached hydrogens (tertiary/aromatic N) is 2. The average Bonchev–Trinajstić information content (AvgIpc) is 2.69. The highest BCUT2D eigenvalue weighted by Crippen LogP contribution is 2.07. The highest BCUT2D eigenvalue weighted by Gasteiger charge is 1.97. The van der Waals surface area contributed by atoms with E-state index in [9.17, 15) is 0 Å². The van der Waals surface area contributed by atoms with Crippen LogP contribution in [0.4, 0.5) is 0 Å².